The number of fused-ring (bicyclic) bond motifs is 1. The number of nitrogens with one attached hydrogen (secondary N) is 2. The second kappa shape index (κ2) is 9.47. The van der Waals surface area contributed by atoms with E-state index < -0.39 is 23.1 Å². The van der Waals surface area contributed by atoms with Crippen molar-refractivity contribution in [2.24, 2.45) is 11.8 Å². The molecule has 2 heterocycles. The molecule has 35 heavy (non-hydrogen) atoms. The standard InChI is InChI=1S/C25H29F3N6O/c1-13(2)30-24-29-12-20-23(33-24)34(17-7-5-15(6-8-17)21(35)9-14-3-4-14)25(31-20)32-22-18(27)10-16(26)11-19(22)28/h10-15,17H,3-9H2,1-2H3,(H,31,32)(H,29,30,33). The molecule has 0 radical (unpaired) electrons. The summed E-state index contributed by atoms with van der Waals surface area (Å²) >= 11 is 0. The number of halogens is 3. The molecule has 2 aromatic heterocycles. The van der Waals surface area contributed by atoms with Crippen LogP contribution in [0.2, 0.25) is 0 Å². The predicted octanol–water partition coefficient (Wildman–Crippen LogP) is 5.91. The zero-order valence-electron chi connectivity index (χ0n) is 19.8. The predicted molar refractivity (Wildman–Crippen MR) is 127 cm³/mol. The van der Waals surface area contributed by atoms with E-state index in [1.54, 1.807) is 6.20 Å². The quantitative estimate of drug-likeness (QED) is 0.412. The highest BCUT2D eigenvalue weighted by molar-refractivity contribution is 5.81. The maximum Gasteiger partial charge on any atom is 0.224 e. The van der Waals surface area contributed by atoms with Gasteiger partial charge in [-0.2, -0.15) is 4.98 Å². The minimum Gasteiger partial charge on any atom is -0.352 e. The van der Waals surface area contributed by atoms with Crippen molar-refractivity contribution < 1.29 is 18.0 Å². The molecule has 7 nitrogen and oxygen atoms in total. The van der Waals surface area contributed by atoms with Gasteiger partial charge in [-0.05, 0) is 58.3 Å². The number of carbonyl (C=O) groups is 1. The van der Waals surface area contributed by atoms with Gasteiger partial charge in [0.2, 0.25) is 11.9 Å². The van der Waals surface area contributed by atoms with Gasteiger partial charge in [-0.1, -0.05) is 0 Å². The van der Waals surface area contributed by atoms with Gasteiger partial charge in [0.1, 0.15) is 22.8 Å². The number of hydrogen-bond acceptors (Lipinski definition) is 6. The second-order valence-electron chi connectivity index (χ2n) is 10.00. The van der Waals surface area contributed by atoms with E-state index >= 15 is 0 Å². The summed E-state index contributed by atoms with van der Waals surface area (Å²) in [6, 6.07) is 1.29. The molecule has 2 aliphatic rings. The van der Waals surface area contributed by atoms with Gasteiger partial charge in [0.15, 0.2) is 17.3 Å². The van der Waals surface area contributed by atoms with Crippen LogP contribution in [0.25, 0.3) is 11.2 Å². The molecule has 2 N–H and O–H groups in total. The van der Waals surface area contributed by atoms with Gasteiger partial charge in [0, 0.05) is 36.6 Å². The number of nitrogens with zero attached hydrogens (tertiary/aromatic N) is 4. The lowest BCUT2D eigenvalue weighted by Crippen LogP contribution is -2.25. The molecule has 186 valence electrons. The number of benzene rings is 1. The third-order valence-corrected chi connectivity index (χ3v) is 6.80. The Hall–Kier alpha value is -3.17. The number of carbonyl (C=O) groups excluding carboxylic acids is 1. The third-order valence-electron chi connectivity index (χ3n) is 6.80. The molecule has 2 aliphatic carbocycles. The Labute approximate surface area is 201 Å². The van der Waals surface area contributed by atoms with E-state index in [9.17, 15) is 18.0 Å². The Morgan fingerprint density at radius 3 is 2.37 bits per heavy atom. The summed E-state index contributed by atoms with van der Waals surface area (Å²) in [5.41, 5.74) is 0.516. The van der Waals surface area contributed by atoms with Gasteiger partial charge in [0.25, 0.3) is 0 Å². The van der Waals surface area contributed by atoms with Gasteiger partial charge in [0.05, 0.1) is 6.20 Å². The maximum absolute atomic E-state index is 14.4. The van der Waals surface area contributed by atoms with Gasteiger partial charge in [-0.3, -0.25) is 9.36 Å². The second-order valence-corrected chi connectivity index (χ2v) is 10.00. The van der Waals surface area contributed by atoms with Crippen LogP contribution in [0.4, 0.5) is 30.8 Å². The van der Waals surface area contributed by atoms with Crippen molar-refractivity contribution in [2.75, 3.05) is 10.6 Å². The zero-order chi connectivity index (χ0) is 24.7. The first-order valence-corrected chi connectivity index (χ1v) is 12.2. The summed E-state index contributed by atoms with van der Waals surface area (Å²) in [6.07, 6.45) is 7.47. The number of Topliss-reactive ketones (excluding diaryl/α,β-unsaturated/α-hetero) is 1. The van der Waals surface area contributed by atoms with Crippen LogP contribution in [-0.2, 0) is 4.79 Å². The van der Waals surface area contributed by atoms with Crippen LogP contribution in [0.1, 0.15) is 64.8 Å². The molecule has 0 spiro atoms. The van der Waals surface area contributed by atoms with Gasteiger partial charge in [-0.15, -0.1) is 0 Å². The molecule has 0 atom stereocenters. The Morgan fingerprint density at radius 2 is 1.74 bits per heavy atom. The summed E-state index contributed by atoms with van der Waals surface area (Å²) in [6.45, 7) is 3.94. The first kappa shape index (κ1) is 23.6. The molecule has 0 amide bonds. The van der Waals surface area contributed by atoms with Crippen LogP contribution in [-0.4, -0.2) is 31.3 Å². The largest absolute Gasteiger partial charge is 0.352 e. The first-order valence-electron chi connectivity index (χ1n) is 12.2. The Kier molecular flexibility index (Phi) is 6.37. The molecule has 2 fully saturated rings. The van der Waals surface area contributed by atoms with Crippen LogP contribution in [0.3, 0.4) is 0 Å². The topological polar surface area (TPSA) is 84.7 Å². The van der Waals surface area contributed by atoms with E-state index in [1.807, 2.05) is 18.4 Å². The van der Waals surface area contributed by atoms with Gasteiger partial charge < -0.3 is 10.6 Å². The maximum atomic E-state index is 14.4. The molecule has 5 rings (SSSR count). The number of anilines is 3. The fraction of sp³-hybridized carbons (Fsp3) is 0.520. The van der Waals surface area contributed by atoms with E-state index in [0.717, 1.165) is 25.7 Å². The van der Waals surface area contributed by atoms with Crippen molar-refractivity contribution in [3.8, 4) is 0 Å². The van der Waals surface area contributed by atoms with Crippen molar-refractivity contribution in [1.82, 2.24) is 19.5 Å². The normalized spacial score (nSPS) is 20.4. The van der Waals surface area contributed by atoms with Crippen molar-refractivity contribution >= 4 is 34.5 Å². The Balaban J connectivity index is 1.48. The highest BCUT2D eigenvalue weighted by Crippen LogP contribution is 2.40. The van der Waals surface area contributed by atoms with Crippen molar-refractivity contribution in [2.45, 2.75) is 70.9 Å². The van der Waals surface area contributed by atoms with E-state index in [2.05, 4.69) is 25.6 Å². The molecule has 2 saturated carbocycles. The van der Waals surface area contributed by atoms with Crippen LogP contribution in [0, 0.1) is 29.3 Å². The third kappa shape index (κ3) is 5.11. The fourth-order valence-electron chi connectivity index (χ4n) is 4.86. The molecular formula is C25H29F3N6O. The number of rotatable bonds is 8. The average Bonchev–Trinajstić information content (AvgIpc) is 3.54. The molecule has 1 aromatic carbocycles. The van der Waals surface area contributed by atoms with Crippen molar-refractivity contribution in [3.05, 3.63) is 35.8 Å². The monoisotopic (exact) mass is 486 g/mol. The fourth-order valence-corrected chi connectivity index (χ4v) is 4.86. The molecule has 10 heteroatoms. The summed E-state index contributed by atoms with van der Waals surface area (Å²) in [7, 11) is 0. The molecular weight excluding hydrogens is 457 g/mol. The van der Waals surface area contributed by atoms with E-state index in [4.69, 9.17) is 0 Å². The smallest absolute Gasteiger partial charge is 0.224 e. The van der Waals surface area contributed by atoms with Crippen molar-refractivity contribution in [1.29, 1.82) is 0 Å². The SMILES string of the molecule is CC(C)Nc1ncc2nc(Nc3c(F)cc(F)cc3F)n(C3CCC(C(=O)CC4CC4)CC3)c2n1. The Morgan fingerprint density at radius 1 is 1.06 bits per heavy atom. The number of aromatic nitrogens is 4. The van der Waals surface area contributed by atoms with E-state index in [-0.39, 0.29) is 23.9 Å². The van der Waals surface area contributed by atoms with Gasteiger partial charge in [-0.25, -0.2) is 23.1 Å². The molecule has 0 saturated heterocycles. The molecule has 3 aromatic rings. The molecule has 0 aliphatic heterocycles. The Bertz CT molecular complexity index is 1220. The highest BCUT2D eigenvalue weighted by Gasteiger charge is 2.33. The number of ketones is 1. The summed E-state index contributed by atoms with van der Waals surface area (Å²) in [4.78, 5) is 26.1. The molecule has 0 unspecified atom stereocenters. The lowest BCUT2D eigenvalue weighted by Gasteiger charge is -2.30. The van der Waals surface area contributed by atoms with E-state index in [1.165, 1.54) is 0 Å². The zero-order valence-corrected chi connectivity index (χ0v) is 19.8. The molecule has 0 bridgehead atoms. The number of hydrogen-bond donors (Lipinski definition) is 2. The first-order chi connectivity index (χ1) is 16.8. The number of imidazole rings is 1. The summed E-state index contributed by atoms with van der Waals surface area (Å²) in [5, 5.41) is 5.90. The van der Waals surface area contributed by atoms with Crippen LogP contribution < -0.4 is 10.6 Å². The van der Waals surface area contributed by atoms with Crippen LogP contribution >= 0.6 is 0 Å². The van der Waals surface area contributed by atoms with Crippen molar-refractivity contribution in [3.63, 3.8) is 0 Å². The highest BCUT2D eigenvalue weighted by atomic mass is 19.1. The lowest BCUT2D eigenvalue weighted by atomic mass is 9.82. The van der Waals surface area contributed by atoms with Crippen LogP contribution in [0.15, 0.2) is 18.3 Å². The average molecular weight is 487 g/mol. The summed E-state index contributed by atoms with van der Waals surface area (Å²) < 4.78 is 44.1. The lowest BCUT2D eigenvalue weighted by molar-refractivity contribution is -0.124. The van der Waals surface area contributed by atoms with Crippen LogP contribution in [0.5, 0.6) is 0 Å². The van der Waals surface area contributed by atoms with E-state index in [0.29, 0.717) is 60.2 Å². The van der Waals surface area contributed by atoms with Gasteiger partial charge >= 0.3 is 0 Å². The minimum absolute atomic E-state index is 0.0535. The summed E-state index contributed by atoms with van der Waals surface area (Å²) in [5.74, 6) is -1.51. The minimum atomic E-state index is -1.05.